The first-order valence-corrected chi connectivity index (χ1v) is 11.5. The molecule has 4 aromatic carbocycles. The number of benzene rings is 4. The van der Waals surface area contributed by atoms with Gasteiger partial charge in [-0.1, -0.05) is 59.8 Å². The van der Waals surface area contributed by atoms with E-state index in [-0.39, 0.29) is 5.78 Å². The Kier molecular flexibility index (Phi) is 5.00. The van der Waals surface area contributed by atoms with Crippen LogP contribution in [0.15, 0.2) is 90.1 Å². The van der Waals surface area contributed by atoms with E-state index in [0.29, 0.717) is 39.6 Å². The lowest BCUT2D eigenvalue weighted by Crippen LogP contribution is -2.46. The highest BCUT2D eigenvalue weighted by molar-refractivity contribution is 6.25. The van der Waals surface area contributed by atoms with Crippen LogP contribution in [0.4, 0.5) is 5.69 Å². The van der Waals surface area contributed by atoms with Gasteiger partial charge in [0.1, 0.15) is 23.1 Å². The second-order valence-corrected chi connectivity index (χ2v) is 8.73. The van der Waals surface area contributed by atoms with Gasteiger partial charge in [-0.3, -0.25) is 9.59 Å². The first-order chi connectivity index (χ1) is 17.6. The number of methoxy groups -OCH3 is 2. The Morgan fingerprint density at radius 1 is 0.917 bits per heavy atom. The molecule has 2 unspecified atom stereocenters. The Morgan fingerprint density at radius 3 is 2.50 bits per heavy atom. The Bertz CT molecular complexity index is 1580. The number of rotatable bonds is 5. The van der Waals surface area contributed by atoms with E-state index in [4.69, 9.17) is 14.3 Å². The molecule has 0 aliphatic carbocycles. The van der Waals surface area contributed by atoms with Crippen LogP contribution in [0, 0.1) is 5.92 Å². The van der Waals surface area contributed by atoms with Crippen molar-refractivity contribution in [1.29, 1.82) is 0 Å². The van der Waals surface area contributed by atoms with Crippen molar-refractivity contribution in [2.24, 2.45) is 11.1 Å². The number of anilines is 1. The summed E-state index contributed by atoms with van der Waals surface area (Å²) in [4.78, 5) is 33.8. The lowest BCUT2D eigenvalue weighted by Gasteiger charge is -2.27. The highest BCUT2D eigenvalue weighted by atomic mass is 16.7. The van der Waals surface area contributed by atoms with E-state index in [1.165, 1.54) is 7.11 Å². The maximum atomic E-state index is 14.3. The van der Waals surface area contributed by atoms with E-state index in [2.05, 4.69) is 10.5 Å². The number of carbonyl (C=O) groups is 2. The zero-order chi connectivity index (χ0) is 24.9. The molecule has 0 fully saturated rings. The minimum absolute atomic E-state index is 0.276. The minimum Gasteiger partial charge on any atom is -0.497 e. The fraction of sp³-hybridized carbons (Fsp3) is 0.138. The number of nitrogens with one attached hydrogen (secondary N) is 1. The standard InChI is InChI=1S/C29H22N2O5/c1-34-20-13-14-21(24(16-20)35-2)26-25(27(32)19-12-11-17-7-3-4-8-18(17)15-19)29(36-31-26)22-9-5-6-10-23(22)30-28(29)33/h3-16,25H,1-2H3,(H,30,33). The summed E-state index contributed by atoms with van der Waals surface area (Å²) in [7, 11) is 3.09. The van der Waals surface area contributed by atoms with Crippen molar-refractivity contribution in [3.63, 3.8) is 0 Å². The van der Waals surface area contributed by atoms with Gasteiger partial charge in [-0.25, -0.2) is 0 Å². The van der Waals surface area contributed by atoms with Crippen LogP contribution in [-0.2, 0) is 15.2 Å². The Balaban J connectivity index is 1.55. The van der Waals surface area contributed by atoms with E-state index in [9.17, 15) is 9.59 Å². The van der Waals surface area contributed by atoms with Crippen molar-refractivity contribution >= 4 is 33.9 Å². The van der Waals surface area contributed by atoms with E-state index in [1.807, 2.05) is 48.5 Å². The highest BCUT2D eigenvalue weighted by Gasteiger charge is 2.63. The topological polar surface area (TPSA) is 86.2 Å². The summed E-state index contributed by atoms with van der Waals surface area (Å²) in [6, 6.07) is 25.8. The maximum Gasteiger partial charge on any atom is 0.277 e. The largest absolute Gasteiger partial charge is 0.497 e. The fourth-order valence-electron chi connectivity index (χ4n) is 5.08. The number of fused-ring (bicyclic) bond motifs is 3. The molecule has 2 heterocycles. The van der Waals surface area contributed by atoms with E-state index in [1.54, 1.807) is 43.5 Å². The highest BCUT2D eigenvalue weighted by Crippen LogP contribution is 2.50. The summed E-state index contributed by atoms with van der Waals surface area (Å²) in [6.07, 6.45) is 0. The summed E-state index contributed by atoms with van der Waals surface area (Å²) < 4.78 is 10.9. The van der Waals surface area contributed by atoms with Crippen molar-refractivity contribution in [2.45, 2.75) is 5.60 Å². The Labute approximate surface area is 207 Å². The Morgan fingerprint density at radius 2 is 1.69 bits per heavy atom. The summed E-state index contributed by atoms with van der Waals surface area (Å²) >= 11 is 0. The molecule has 6 rings (SSSR count). The van der Waals surface area contributed by atoms with Crippen molar-refractivity contribution in [3.05, 3.63) is 102 Å². The van der Waals surface area contributed by atoms with Gasteiger partial charge in [0, 0.05) is 28.4 Å². The molecule has 2 aliphatic rings. The molecule has 2 atom stereocenters. The smallest absolute Gasteiger partial charge is 0.277 e. The molecule has 1 N–H and O–H groups in total. The lowest BCUT2D eigenvalue weighted by atomic mass is 9.74. The van der Waals surface area contributed by atoms with Crippen molar-refractivity contribution in [1.82, 2.24) is 0 Å². The monoisotopic (exact) mass is 478 g/mol. The summed E-state index contributed by atoms with van der Waals surface area (Å²) in [5.41, 5.74) is 0.851. The Hall–Kier alpha value is -4.65. The first-order valence-electron chi connectivity index (χ1n) is 11.5. The van der Waals surface area contributed by atoms with E-state index < -0.39 is 17.4 Å². The summed E-state index contributed by atoms with van der Waals surface area (Å²) in [5.74, 6) is -0.719. The van der Waals surface area contributed by atoms with Gasteiger partial charge in [-0.05, 0) is 35.0 Å². The third-order valence-corrected chi connectivity index (χ3v) is 6.86. The molecule has 2 aliphatic heterocycles. The zero-order valence-corrected chi connectivity index (χ0v) is 19.6. The lowest BCUT2D eigenvalue weighted by molar-refractivity contribution is -0.140. The predicted octanol–water partition coefficient (Wildman–Crippen LogP) is 4.94. The van der Waals surface area contributed by atoms with Gasteiger partial charge in [0.05, 0.1) is 14.2 Å². The van der Waals surface area contributed by atoms with Gasteiger partial charge in [-0.2, -0.15) is 0 Å². The van der Waals surface area contributed by atoms with Gasteiger partial charge >= 0.3 is 0 Å². The molecule has 4 aromatic rings. The van der Waals surface area contributed by atoms with Crippen molar-refractivity contribution in [2.75, 3.05) is 19.5 Å². The van der Waals surface area contributed by atoms with Crippen LogP contribution >= 0.6 is 0 Å². The van der Waals surface area contributed by atoms with Gasteiger partial charge in [0.15, 0.2) is 5.78 Å². The molecule has 0 saturated heterocycles. The summed E-state index contributed by atoms with van der Waals surface area (Å²) in [6.45, 7) is 0. The quantitative estimate of drug-likeness (QED) is 0.411. The van der Waals surface area contributed by atoms with Gasteiger partial charge in [0.2, 0.25) is 0 Å². The molecular formula is C29H22N2O5. The van der Waals surface area contributed by atoms with Crippen molar-refractivity contribution < 1.29 is 23.9 Å². The molecule has 36 heavy (non-hydrogen) atoms. The SMILES string of the molecule is COc1ccc(C2=NOC3(C(=O)Nc4ccccc43)C2C(=O)c2ccc3ccccc3c2)c(OC)c1. The zero-order valence-electron chi connectivity index (χ0n) is 19.6. The van der Waals surface area contributed by atoms with Crippen LogP contribution in [0.3, 0.4) is 0 Å². The van der Waals surface area contributed by atoms with Gasteiger partial charge in [0.25, 0.3) is 11.5 Å². The molecule has 0 radical (unpaired) electrons. The number of ketones is 1. The number of para-hydroxylation sites is 1. The molecule has 0 aromatic heterocycles. The number of hydrogen-bond donors (Lipinski definition) is 1. The number of Topliss-reactive ketones (excluding diaryl/α,β-unsaturated/α-hetero) is 1. The van der Waals surface area contributed by atoms with E-state index in [0.717, 1.165) is 10.8 Å². The number of amides is 1. The molecular weight excluding hydrogens is 456 g/mol. The number of oxime groups is 1. The maximum absolute atomic E-state index is 14.3. The number of carbonyl (C=O) groups excluding carboxylic acids is 2. The van der Waals surface area contributed by atoms with Gasteiger partial charge in [-0.15, -0.1) is 0 Å². The average molecular weight is 479 g/mol. The van der Waals surface area contributed by atoms with Crippen molar-refractivity contribution in [3.8, 4) is 11.5 Å². The second kappa shape index (κ2) is 8.23. The predicted molar refractivity (Wildman–Crippen MR) is 136 cm³/mol. The third-order valence-electron chi connectivity index (χ3n) is 6.86. The van der Waals surface area contributed by atoms with Crippen LogP contribution in [0.25, 0.3) is 10.8 Å². The third kappa shape index (κ3) is 3.09. The summed E-state index contributed by atoms with van der Waals surface area (Å²) in [5, 5.41) is 9.17. The minimum atomic E-state index is -1.64. The molecule has 0 saturated carbocycles. The fourth-order valence-corrected chi connectivity index (χ4v) is 5.08. The van der Waals surface area contributed by atoms with Crippen LogP contribution < -0.4 is 14.8 Å². The molecule has 7 heteroatoms. The molecule has 1 amide bonds. The van der Waals surface area contributed by atoms with Crippen LogP contribution in [0.1, 0.15) is 21.5 Å². The van der Waals surface area contributed by atoms with Gasteiger partial charge < -0.3 is 19.6 Å². The van der Waals surface area contributed by atoms with Crippen LogP contribution in [0.2, 0.25) is 0 Å². The number of hydrogen-bond acceptors (Lipinski definition) is 6. The molecule has 7 nitrogen and oxygen atoms in total. The van der Waals surface area contributed by atoms with Crippen LogP contribution in [-0.4, -0.2) is 31.6 Å². The van der Waals surface area contributed by atoms with Crippen LogP contribution in [0.5, 0.6) is 11.5 Å². The van der Waals surface area contributed by atoms with E-state index >= 15 is 0 Å². The molecule has 0 bridgehead atoms. The second-order valence-electron chi connectivity index (χ2n) is 8.73. The number of nitrogens with zero attached hydrogens (tertiary/aromatic N) is 1. The average Bonchev–Trinajstić information content (AvgIpc) is 3.46. The first kappa shape index (κ1) is 21.9. The normalized spacial score (nSPS) is 20.0. The number of ether oxygens (including phenoxy) is 2. The molecule has 178 valence electrons. The molecule has 1 spiro atoms.